The molecule has 4 rings (SSSR count). The lowest BCUT2D eigenvalue weighted by Crippen LogP contribution is -2.40. The zero-order valence-corrected chi connectivity index (χ0v) is 18.0. The molecule has 1 aliphatic heterocycles. The fourth-order valence-corrected chi connectivity index (χ4v) is 3.83. The molecule has 2 aromatic heterocycles. The lowest BCUT2D eigenvalue weighted by Gasteiger charge is -2.32. The highest BCUT2D eigenvalue weighted by molar-refractivity contribution is 5.90. The van der Waals surface area contributed by atoms with Crippen LogP contribution < -0.4 is 15.2 Å². The highest BCUT2D eigenvalue weighted by Gasteiger charge is 2.27. The summed E-state index contributed by atoms with van der Waals surface area (Å²) < 4.78 is 12.4. The fourth-order valence-electron chi connectivity index (χ4n) is 3.83. The number of hydrogen-bond donors (Lipinski definition) is 1. The minimum Gasteiger partial charge on any atom is -0.497 e. The maximum atomic E-state index is 12.1. The number of hydrogen-bond acceptors (Lipinski definition) is 7. The number of anilines is 1. The second kappa shape index (κ2) is 8.98. The first kappa shape index (κ1) is 21.2. The summed E-state index contributed by atoms with van der Waals surface area (Å²) in [5, 5.41) is 5.33. The van der Waals surface area contributed by atoms with Gasteiger partial charge in [-0.3, -0.25) is 4.79 Å². The first-order chi connectivity index (χ1) is 15.5. The number of carbonyl (C=O) groups excluding carboxylic acids is 1. The van der Waals surface area contributed by atoms with Gasteiger partial charge in [0, 0.05) is 24.7 Å². The summed E-state index contributed by atoms with van der Waals surface area (Å²) >= 11 is 0. The molecule has 0 aliphatic carbocycles. The first-order valence-corrected chi connectivity index (χ1v) is 10.2. The lowest BCUT2D eigenvalue weighted by atomic mass is 10.1. The number of aromatic nitrogens is 4. The number of rotatable bonds is 4. The van der Waals surface area contributed by atoms with Crippen LogP contribution in [-0.2, 0) is 4.79 Å². The van der Waals surface area contributed by atoms with E-state index < -0.39 is 0 Å². The third kappa shape index (κ3) is 4.07. The number of likely N-dealkylation sites (tertiary alicyclic amines) is 1. The average Bonchev–Trinajstić information content (AvgIpc) is 3.22. The summed E-state index contributed by atoms with van der Waals surface area (Å²) in [4.78, 5) is 22.4. The van der Waals surface area contributed by atoms with Crippen LogP contribution in [0.4, 0.5) is 5.82 Å². The van der Waals surface area contributed by atoms with E-state index in [-0.39, 0.29) is 11.9 Å². The number of piperidine rings is 1. The SMILES string of the molecule is C=CC(=O)N1CCCC(n2nc(C#Cc3cc(OC)cc(OC)c3)c3c(N)ncnc32)C1. The Bertz CT molecular complexity index is 1220. The Morgan fingerprint density at radius 3 is 2.66 bits per heavy atom. The Morgan fingerprint density at radius 1 is 1.22 bits per heavy atom. The second-order valence-corrected chi connectivity index (χ2v) is 7.39. The minimum atomic E-state index is -0.0905. The van der Waals surface area contributed by atoms with E-state index in [0.717, 1.165) is 12.8 Å². The van der Waals surface area contributed by atoms with Gasteiger partial charge < -0.3 is 20.1 Å². The van der Waals surface area contributed by atoms with Gasteiger partial charge in [-0.05, 0) is 37.0 Å². The van der Waals surface area contributed by atoms with Crippen LogP contribution in [0.25, 0.3) is 11.0 Å². The molecule has 1 amide bonds. The van der Waals surface area contributed by atoms with E-state index in [2.05, 4.69) is 28.4 Å². The maximum absolute atomic E-state index is 12.1. The van der Waals surface area contributed by atoms with Crippen LogP contribution >= 0.6 is 0 Å². The molecule has 1 saturated heterocycles. The number of nitrogens with zero attached hydrogens (tertiary/aromatic N) is 5. The number of benzene rings is 1. The predicted molar refractivity (Wildman–Crippen MR) is 120 cm³/mol. The number of ether oxygens (including phenoxy) is 2. The van der Waals surface area contributed by atoms with Gasteiger partial charge in [0.1, 0.15) is 29.3 Å². The normalized spacial score (nSPS) is 15.7. The molecule has 3 heterocycles. The van der Waals surface area contributed by atoms with Crippen LogP contribution in [0.5, 0.6) is 11.5 Å². The molecular formula is C23H24N6O3. The van der Waals surface area contributed by atoms with Gasteiger partial charge in [0.25, 0.3) is 0 Å². The summed E-state index contributed by atoms with van der Waals surface area (Å²) in [6.45, 7) is 4.81. The van der Waals surface area contributed by atoms with Crippen molar-refractivity contribution in [3.05, 3.63) is 48.4 Å². The Kier molecular flexibility index (Phi) is 5.94. The molecule has 32 heavy (non-hydrogen) atoms. The minimum absolute atomic E-state index is 0.0445. The highest BCUT2D eigenvalue weighted by atomic mass is 16.5. The van der Waals surface area contributed by atoms with Crippen molar-refractivity contribution >= 4 is 22.8 Å². The van der Waals surface area contributed by atoms with Crippen molar-refractivity contribution in [3.8, 4) is 23.3 Å². The van der Waals surface area contributed by atoms with E-state index in [1.54, 1.807) is 25.2 Å². The van der Waals surface area contributed by atoms with Crippen LogP contribution in [0.15, 0.2) is 37.2 Å². The number of methoxy groups -OCH3 is 2. The molecule has 0 saturated carbocycles. The van der Waals surface area contributed by atoms with E-state index in [1.165, 1.54) is 12.4 Å². The molecule has 164 valence electrons. The zero-order chi connectivity index (χ0) is 22.7. The average molecular weight is 432 g/mol. The smallest absolute Gasteiger partial charge is 0.246 e. The van der Waals surface area contributed by atoms with E-state index in [4.69, 9.17) is 20.3 Å². The Hall–Kier alpha value is -4.06. The predicted octanol–water partition coefficient (Wildman–Crippen LogP) is 2.17. The largest absolute Gasteiger partial charge is 0.497 e. The summed E-state index contributed by atoms with van der Waals surface area (Å²) in [6, 6.07) is 5.36. The molecule has 1 atom stereocenters. The molecule has 1 aromatic carbocycles. The van der Waals surface area contributed by atoms with Crippen molar-refractivity contribution in [2.45, 2.75) is 18.9 Å². The molecule has 1 fully saturated rings. The standard InChI is InChI=1S/C23H24N6O3/c1-4-20(30)28-9-5-6-16(13-28)29-23-21(22(24)25-14-26-23)19(27-29)8-7-15-10-17(31-2)12-18(11-15)32-3/h4,10-12,14,16H,1,5-6,9,13H2,2-3H3,(H2,24,25,26). The van der Waals surface area contributed by atoms with Crippen LogP contribution in [0.1, 0.15) is 30.1 Å². The van der Waals surface area contributed by atoms with Crippen molar-refractivity contribution in [1.82, 2.24) is 24.6 Å². The molecule has 0 radical (unpaired) electrons. The van der Waals surface area contributed by atoms with Gasteiger partial charge in [0.15, 0.2) is 5.65 Å². The molecule has 1 aliphatic rings. The van der Waals surface area contributed by atoms with Crippen molar-refractivity contribution in [2.24, 2.45) is 0 Å². The lowest BCUT2D eigenvalue weighted by molar-refractivity contribution is -0.127. The van der Waals surface area contributed by atoms with Gasteiger partial charge in [-0.1, -0.05) is 12.5 Å². The van der Waals surface area contributed by atoms with E-state index >= 15 is 0 Å². The Labute approximate surface area is 185 Å². The third-order valence-electron chi connectivity index (χ3n) is 5.42. The van der Waals surface area contributed by atoms with Crippen LogP contribution in [-0.4, -0.2) is 57.9 Å². The molecule has 9 heteroatoms. The second-order valence-electron chi connectivity index (χ2n) is 7.39. The number of nitrogens with two attached hydrogens (primary N) is 1. The first-order valence-electron chi connectivity index (χ1n) is 10.2. The van der Waals surface area contributed by atoms with Crippen LogP contribution in [0.3, 0.4) is 0 Å². The van der Waals surface area contributed by atoms with E-state index in [9.17, 15) is 4.79 Å². The van der Waals surface area contributed by atoms with E-state index in [1.807, 2.05) is 16.8 Å². The van der Waals surface area contributed by atoms with Crippen molar-refractivity contribution < 1.29 is 14.3 Å². The monoisotopic (exact) mass is 432 g/mol. The van der Waals surface area contributed by atoms with Crippen LogP contribution in [0.2, 0.25) is 0 Å². The quantitative estimate of drug-likeness (QED) is 0.497. The zero-order valence-electron chi connectivity index (χ0n) is 18.0. The number of carbonyl (C=O) groups is 1. The molecule has 0 bridgehead atoms. The third-order valence-corrected chi connectivity index (χ3v) is 5.42. The van der Waals surface area contributed by atoms with Gasteiger partial charge >= 0.3 is 0 Å². The molecule has 1 unspecified atom stereocenters. The molecule has 2 N–H and O–H groups in total. The van der Waals surface area contributed by atoms with E-state index in [0.29, 0.717) is 52.7 Å². The highest BCUT2D eigenvalue weighted by Crippen LogP contribution is 2.28. The molecule has 0 spiro atoms. The van der Waals surface area contributed by atoms with Gasteiger partial charge in [-0.2, -0.15) is 5.10 Å². The van der Waals surface area contributed by atoms with Gasteiger partial charge in [0.05, 0.1) is 25.6 Å². The van der Waals surface area contributed by atoms with Crippen molar-refractivity contribution in [2.75, 3.05) is 33.0 Å². The number of amides is 1. The fraction of sp³-hybridized carbons (Fsp3) is 0.304. The summed E-state index contributed by atoms with van der Waals surface area (Å²) in [7, 11) is 3.17. The number of fused-ring (bicyclic) bond motifs is 1. The van der Waals surface area contributed by atoms with Crippen molar-refractivity contribution in [3.63, 3.8) is 0 Å². The summed E-state index contributed by atoms with van der Waals surface area (Å²) in [6.07, 6.45) is 4.47. The summed E-state index contributed by atoms with van der Waals surface area (Å²) in [5.74, 6) is 7.71. The van der Waals surface area contributed by atoms with Gasteiger partial charge in [-0.15, -0.1) is 0 Å². The van der Waals surface area contributed by atoms with Gasteiger partial charge in [0.2, 0.25) is 5.91 Å². The Balaban J connectivity index is 1.76. The van der Waals surface area contributed by atoms with Crippen molar-refractivity contribution in [1.29, 1.82) is 0 Å². The number of nitrogen functional groups attached to an aromatic ring is 1. The van der Waals surface area contributed by atoms with Crippen LogP contribution in [0, 0.1) is 11.8 Å². The van der Waals surface area contributed by atoms with Gasteiger partial charge in [-0.25, -0.2) is 14.6 Å². The molecule has 9 nitrogen and oxygen atoms in total. The topological polar surface area (TPSA) is 108 Å². The summed E-state index contributed by atoms with van der Waals surface area (Å²) in [5.41, 5.74) is 7.95. The molecule has 3 aromatic rings. The Morgan fingerprint density at radius 2 is 1.97 bits per heavy atom. The molecular weight excluding hydrogens is 408 g/mol. The maximum Gasteiger partial charge on any atom is 0.246 e.